The Morgan fingerprint density at radius 2 is 1.60 bits per heavy atom. The first kappa shape index (κ1) is 16.4. The van der Waals surface area contributed by atoms with Crippen molar-refractivity contribution in [3.63, 3.8) is 0 Å². The summed E-state index contributed by atoms with van der Waals surface area (Å²) in [5.74, 6) is 1.80. The van der Waals surface area contributed by atoms with Gasteiger partial charge in [-0.1, -0.05) is 23.2 Å². The van der Waals surface area contributed by atoms with Crippen molar-refractivity contribution >= 4 is 34.0 Å². The lowest BCUT2D eigenvalue weighted by atomic mass is 9.97. The largest absolute Gasteiger partial charge is 0.496 e. The van der Waals surface area contributed by atoms with Crippen LogP contribution in [0.4, 0.5) is 0 Å². The van der Waals surface area contributed by atoms with Crippen molar-refractivity contribution in [2.24, 2.45) is 0 Å². The number of halogens is 2. The van der Waals surface area contributed by atoms with E-state index in [0.717, 1.165) is 46.2 Å². The number of hydrogen-bond donors (Lipinski definition) is 0. The first-order valence-electron chi connectivity index (χ1n) is 7.98. The third-order valence-corrected chi connectivity index (χ3v) is 5.07. The van der Waals surface area contributed by atoms with Crippen LogP contribution in [0.15, 0.2) is 30.6 Å². The third kappa shape index (κ3) is 2.90. The molecule has 0 amide bonds. The van der Waals surface area contributed by atoms with E-state index in [4.69, 9.17) is 32.7 Å². The molecule has 0 bridgehead atoms. The monoisotopic (exact) mass is 374 g/mol. The SMILES string of the molecule is COc1cc(OC)c(C2CC2)c(-c2cc3cnc(Cl)cc3cn2)c1Cl. The van der Waals surface area contributed by atoms with Crippen LogP contribution in [-0.2, 0) is 0 Å². The molecular weight excluding hydrogens is 359 g/mol. The van der Waals surface area contributed by atoms with Crippen LogP contribution in [0.2, 0.25) is 10.2 Å². The lowest BCUT2D eigenvalue weighted by Crippen LogP contribution is -1.99. The van der Waals surface area contributed by atoms with Gasteiger partial charge in [-0.25, -0.2) is 4.98 Å². The van der Waals surface area contributed by atoms with Crippen molar-refractivity contribution in [3.05, 3.63) is 46.3 Å². The molecule has 25 heavy (non-hydrogen) atoms. The average Bonchev–Trinajstić information content (AvgIpc) is 3.45. The first-order valence-corrected chi connectivity index (χ1v) is 8.74. The fraction of sp³-hybridized carbons (Fsp3) is 0.263. The highest BCUT2D eigenvalue weighted by atomic mass is 35.5. The minimum Gasteiger partial charge on any atom is -0.496 e. The van der Waals surface area contributed by atoms with Crippen LogP contribution in [0.5, 0.6) is 11.5 Å². The second-order valence-corrected chi connectivity index (χ2v) is 6.85. The maximum Gasteiger partial charge on any atom is 0.141 e. The van der Waals surface area contributed by atoms with Crippen molar-refractivity contribution in [2.45, 2.75) is 18.8 Å². The Balaban J connectivity index is 1.99. The summed E-state index contributed by atoms with van der Waals surface area (Å²) >= 11 is 12.6. The number of nitrogens with zero attached hydrogens (tertiary/aromatic N) is 2. The van der Waals surface area contributed by atoms with E-state index in [9.17, 15) is 0 Å². The number of rotatable bonds is 4. The summed E-state index contributed by atoms with van der Waals surface area (Å²) in [6.45, 7) is 0. The van der Waals surface area contributed by atoms with Gasteiger partial charge in [0.25, 0.3) is 0 Å². The van der Waals surface area contributed by atoms with Crippen molar-refractivity contribution in [3.8, 4) is 22.8 Å². The molecule has 0 N–H and O–H groups in total. The molecule has 0 spiro atoms. The van der Waals surface area contributed by atoms with Gasteiger partial charge in [0, 0.05) is 40.4 Å². The van der Waals surface area contributed by atoms with Gasteiger partial charge >= 0.3 is 0 Å². The van der Waals surface area contributed by atoms with Crippen molar-refractivity contribution in [2.75, 3.05) is 14.2 Å². The summed E-state index contributed by atoms with van der Waals surface area (Å²) < 4.78 is 11.1. The lowest BCUT2D eigenvalue weighted by Gasteiger charge is -2.18. The molecule has 4 nitrogen and oxygen atoms in total. The number of aromatic nitrogens is 2. The highest BCUT2D eigenvalue weighted by molar-refractivity contribution is 6.35. The minimum absolute atomic E-state index is 0.439. The van der Waals surface area contributed by atoms with Crippen molar-refractivity contribution in [1.82, 2.24) is 9.97 Å². The number of hydrogen-bond acceptors (Lipinski definition) is 4. The predicted molar refractivity (Wildman–Crippen MR) is 100 cm³/mol. The standard InChI is InChI=1S/C19H16Cl2N2O2/c1-24-14-7-15(25-2)19(21)18(17(14)10-3-4-10)13-5-11-9-23-16(20)6-12(11)8-22-13/h5-10H,3-4H2,1-2H3. The van der Waals surface area contributed by atoms with E-state index in [0.29, 0.717) is 21.8 Å². The molecule has 4 rings (SSSR count). The Bertz CT molecular complexity index is 971. The third-order valence-electron chi connectivity index (χ3n) is 4.48. The van der Waals surface area contributed by atoms with Crippen LogP contribution in [0.25, 0.3) is 22.0 Å². The Hall–Kier alpha value is -2.04. The van der Waals surface area contributed by atoms with Gasteiger partial charge in [-0.2, -0.15) is 0 Å². The molecule has 6 heteroatoms. The zero-order valence-corrected chi connectivity index (χ0v) is 15.4. The molecule has 128 valence electrons. The van der Waals surface area contributed by atoms with Gasteiger partial charge in [-0.15, -0.1) is 0 Å². The molecule has 1 aliphatic carbocycles. The van der Waals surface area contributed by atoms with Gasteiger partial charge in [0.05, 0.1) is 24.9 Å². The molecule has 1 aromatic carbocycles. The maximum atomic E-state index is 6.67. The van der Waals surface area contributed by atoms with Crippen LogP contribution in [0, 0.1) is 0 Å². The van der Waals surface area contributed by atoms with E-state index in [2.05, 4.69) is 9.97 Å². The second kappa shape index (κ2) is 6.36. The first-order chi connectivity index (χ1) is 12.1. The molecule has 2 aromatic heterocycles. The summed E-state index contributed by atoms with van der Waals surface area (Å²) in [7, 11) is 3.26. The summed E-state index contributed by atoms with van der Waals surface area (Å²) in [4.78, 5) is 8.78. The van der Waals surface area contributed by atoms with Gasteiger partial charge in [0.15, 0.2) is 0 Å². The van der Waals surface area contributed by atoms with E-state index < -0.39 is 0 Å². The van der Waals surface area contributed by atoms with E-state index in [-0.39, 0.29) is 0 Å². The lowest BCUT2D eigenvalue weighted by molar-refractivity contribution is 0.391. The van der Waals surface area contributed by atoms with Crippen molar-refractivity contribution < 1.29 is 9.47 Å². The molecule has 0 atom stereocenters. The highest BCUT2D eigenvalue weighted by Gasteiger charge is 2.33. The molecule has 0 unspecified atom stereocenters. The summed E-state index contributed by atoms with van der Waals surface area (Å²) in [6.07, 6.45) is 5.77. The molecule has 0 radical (unpaired) electrons. The zero-order chi connectivity index (χ0) is 17.6. The van der Waals surface area contributed by atoms with Gasteiger partial charge < -0.3 is 9.47 Å². The highest BCUT2D eigenvalue weighted by Crippen LogP contribution is 2.53. The topological polar surface area (TPSA) is 44.2 Å². The number of fused-ring (bicyclic) bond motifs is 1. The molecule has 1 fully saturated rings. The number of pyridine rings is 2. The van der Waals surface area contributed by atoms with E-state index >= 15 is 0 Å². The maximum absolute atomic E-state index is 6.67. The van der Waals surface area contributed by atoms with Gasteiger partial charge in [-0.05, 0) is 30.9 Å². The van der Waals surface area contributed by atoms with E-state index in [1.165, 1.54) is 0 Å². The fourth-order valence-electron chi connectivity index (χ4n) is 3.12. The smallest absolute Gasteiger partial charge is 0.141 e. The van der Waals surface area contributed by atoms with Crippen LogP contribution >= 0.6 is 23.2 Å². The van der Waals surface area contributed by atoms with Crippen molar-refractivity contribution in [1.29, 1.82) is 0 Å². The van der Waals surface area contributed by atoms with Gasteiger partial charge in [0.2, 0.25) is 0 Å². The number of methoxy groups -OCH3 is 2. The van der Waals surface area contributed by atoms with Crippen LogP contribution in [0.1, 0.15) is 24.3 Å². The second-order valence-electron chi connectivity index (χ2n) is 6.08. The van der Waals surface area contributed by atoms with Crippen LogP contribution in [0.3, 0.4) is 0 Å². The number of ether oxygens (including phenoxy) is 2. The average molecular weight is 375 g/mol. The molecule has 1 aliphatic rings. The Morgan fingerprint density at radius 3 is 2.28 bits per heavy atom. The summed E-state index contributed by atoms with van der Waals surface area (Å²) in [5.41, 5.74) is 2.75. The normalized spacial score (nSPS) is 13.9. The quantitative estimate of drug-likeness (QED) is 0.565. The van der Waals surface area contributed by atoms with Crippen LogP contribution in [-0.4, -0.2) is 24.2 Å². The van der Waals surface area contributed by atoms with E-state index in [1.807, 2.05) is 12.1 Å². The fourth-order valence-corrected chi connectivity index (χ4v) is 3.61. The zero-order valence-electron chi connectivity index (χ0n) is 13.8. The Morgan fingerprint density at radius 1 is 0.920 bits per heavy atom. The molecular formula is C19H16Cl2N2O2. The molecule has 0 saturated heterocycles. The summed E-state index contributed by atoms with van der Waals surface area (Å²) in [5, 5.41) is 2.89. The summed E-state index contributed by atoms with van der Waals surface area (Å²) in [6, 6.07) is 5.62. The Labute approximate surface area is 155 Å². The molecule has 1 saturated carbocycles. The van der Waals surface area contributed by atoms with Gasteiger partial charge in [-0.3, -0.25) is 4.98 Å². The molecule has 3 aromatic rings. The number of benzene rings is 1. The molecule has 0 aliphatic heterocycles. The Kier molecular flexibility index (Phi) is 4.18. The minimum atomic E-state index is 0.439. The van der Waals surface area contributed by atoms with Crippen LogP contribution < -0.4 is 9.47 Å². The van der Waals surface area contributed by atoms with E-state index in [1.54, 1.807) is 32.7 Å². The molecule has 2 heterocycles. The predicted octanol–water partition coefficient (Wildman–Crippen LogP) is 5.50. The van der Waals surface area contributed by atoms with Gasteiger partial charge in [0.1, 0.15) is 16.7 Å².